The van der Waals surface area contributed by atoms with Crippen LogP contribution in [0, 0.1) is 0 Å². The minimum atomic E-state index is 0.713. The van der Waals surface area contributed by atoms with Crippen LogP contribution in [0.4, 0.5) is 5.82 Å². The number of aromatic nitrogens is 4. The average Bonchev–Trinajstić information content (AvgIpc) is 2.82. The topological polar surface area (TPSA) is 55.6 Å². The van der Waals surface area contributed by atoms with Crippen molar-refractivity contribution in [3.63, 3.8) is 0 Å². The summed E-state index contributed by atoms with van der Waals surface area (Å²) < 4.78 is 1.81. The monoisotopic (exact) mass is 243 g/mol. The van der Waals surface area contributed by atoms with Crippen LogP contribution in [0.5, 0.6) is 0 Å². The molecule has 2 aromatic heterocycles. The van der Waals surface area contributed by atoms with Gasteiger partial charge in [-0.2, -0.15) is 5.10 Å². The molecular weight excluding hydrogens is 226 g/mol. The second-order valence-electron chi connectivity index (χ2n) is 4.69. The molecule has 0 fully saturated rings. The molecule has 2 aromatic rings. The number of aryl methyl sites for hydroxylation is 2. The molecule has 0 radical (unpaired) electrons. The van der Waals surface area contributed by atoms with Crippen molar-refractivity contribution >= 4 is 5.82 Å². The van der Waals surface area contributed by atoms with Gasteiger partial charge in [0.2, 0.25) is 0 Å². The molecule has 2 heterocycles. The number of hydrogen-bond donors (Lipinski definition) is 1. The summed E-state index contributed by atoms with van der Waals surface area (Å²) in [6.07, 6.45) is 8.25. The first-order valence-corrected chi connectivity index (χ1v) is 6.38. The lowest BCUT2D eigenvalue weighted by molar-refractivity contribution is 0.663. The van der Waals surface area contributed by atoms with Crippen molar-refractivity contribution in [3.05, 3.63) is 35.5 Å². The maximum atomic E-state index is 4.37. The molecule has 0 bridgehead atoms. The molecule has 0 atom stereocenters. The predicted molar refractivity (Wildman–Crippen MR) is 69.2 cm³/mol. The van der Waals surface area contributed by atoms with Crippen LogP contribution in [0.15, 0.2) is 18.6 Å². The highest BCUT2D eigenvalue weighted by Gasteiger charge is 2.15. The van der Waals surface area contributed by atoms with Crippen molar-refractivity contribution in [3.8, 4) is 0 Å². The Labute approximate surface area is 106 Å². The lowest BCUT2D eigenvalue weighted by atomic mass is 9.96. The van der Waals surface area contributed by atoms with Crippen LogP contribution in [0.2, 0.25) is 0 Å². The fourth-order valence-electron chi connectivity index (χ4n) is 2.41. The standard InChI is InChI=1S/C13H17N5/c1-18-7-6-10(17-18)8-14-13-11-4-2-3-5-12(11)15-9-16-13/h6-7,9H,2-5,8H2,1H3,(H,14,15,16). The second kappa shape index (κ2) is 4.76. The molecule has 3 rings (SSSR count). The first kappa shape index (κ1) is 11.2. The maximum Gasteiger partial charge on any atom is 0.133 e. The van der Waals surface area contributed by atoms with E-state index in [1.165, 1.54) is 24.1 Å². The Kier molecular flexibility index (Phi) is 2.96. The van der Waals surface area contributed by atoms with E-state index in [1.807, 2.05) is 24.0 Å². The third kappa shape index (κ3) is 2.20. The van der Waals surface area contributed by atoms with Gasteiger partial charge in [0.1, 0.15) is 12.1 Å². The van der Waals surface area contributed by atoms with Gasteiger partial charge >= 0.3 is 0 Å². The van der Waals surface area contributed by atoms with Crippen LogP contribution in [0.3, 0.4) is 0 Å². The smallest absolute Gasteiger partial charge is 0.133 e. The maximum absolute atomic E-state index is 4.37. The quantitative estimate of drug-likeness (QED) is 0.891. The summed E-state index contributed by atoms with van der Waals surface area (Å²) in [5.74, 6) is 0.977. The van der Waals surface area contributed by atoms with Gasteiger partial charge < -0.3 is 5.32 Å². The van der Waals surface area contributed by atoms with E-state index < -0.39 is 0 Å². The summed E-state index contributed by atoms with van der Waals surface area (Å²) in [7, 11) is 1.93. The molecule has 0 amide bonds. The SMILES string of the molecule is Cn1ccc(CNc2ncnc3c2CCCC3)n1. The normalized spacial score (nSPS) is 14.3. The molecule has 0 aromatic carbocycles. The third-order valence-corrected chi connectivity index (χ3v) is 3.33. The Morgan fingerprint density at radius 1 is 1.28 bits per heavy atom. The first-order valence-electron chi connectivity index (χ1n) is 6.38. The minimum absolute atomic E-state index is 0.713. The van der Waals surface area contributed by atoms with Gasteiger partial charge in [-0.1, -0.05) is 0 Å². The number of nitrogens with one attached hydrogen (secondary N) is 1. The van der Waals surface area contributed by atoms with Crippen molar-refractivity contribution in [1.29, 1.82) is 0 Å². The van der Waals surface area contributed by atoms with E-state index in [9.17, 15) is 0 Å². The Hall–Kier alpha value is -1.91. The zero-order chi connectivity index (χ0) is 12.4. The van der Waals surface area contributed by atoms with E-state index in [-0.39, 0.29) is 0 Å². The molecule has 0 saturated carbocycles. The molecule has 0 spiro atoms. The fraction of sp³-hybridized carbons (Fsp3) is 0.462. The molecule has 5 heteroatoms. The zero-order valence-electron chi connectivity index (χ0n) is 10.6. The van der Waals surface area contributed by atoms with Gasteiger partial charge in [-0.15, -0.1) is 0 Å². The van der Waals surface area contributed by atoms with Crippen molar-refractivity contribution in [2.24, 2.45) is 7.05 Å². The summed E-state index contributed by atoms with van der Waals surface area (Å²) in [6.45, 7) is 0.713. The van der Waals surface area contributed by atoms with Crippen LogP contribution in [0.1, 0.15) is 29.8 Å². The number of fused-ring (bicyclic) bond motifs is 1. The minimum Gasteiger partial charge on any atom is -0.364 e. The average molecular weight is 243 g/mol. The molecule has 5 nitrogen and oxygen atoms in total. The Bertz CT molecular complexity index is 546. The lowest BCUT2D eigenvalue weighted by Crippen LogP contribution is -2.12. The van der Waals surface area contributed by atoms with E-state index in [0.717, 1.165) is 24.4 Å². The van der Waals surface area contributed by atoms with E-state index in [0.29, 0.717) is 6.54 Å². The van der Waals surface area contributed by atoms with Gasteiger partial charge in [0.15, 0.2) is 0 Å². The number of nitrogens with zero attached hydrogens (tertiary/aromatic N) is 4. The van der Waals surface area contributed by atoms with Crippen LogP contribution in [0.25, 0.3) is 0 Å². The summed E-state index contributed by atoms with van der Waals surface area (Å²) in [5, 5.41) is 7.72. The van der Waals surface area contributed by atoms with E-state index in [1.54, 1.807) is 6.33 Å². The summed E-state index contributed by atoms with van der Waals surface area (Å²) in [5.41, 5.74) is 3.53. The molecule has 1 aliphatic rings. The largest absolute Gasteiger partial charge is 0.364 e. The van der Waals surface area contributed by atoms with Crippen molar-refractivity contribution < 1.29 is 0 Å². The van der Waals surface area contributed by atoms with Gasteiger partial charge in [-0.3, -0.25) is 4.68 Å². The number of anilines is 1. The molecule has 1 N–H and O–H groups in total. The van der Waals surface area contributed by atoms with Crippen LogP contribution < -0.4 is 5.32 Å². The van der Waals surface area contributed by atoms with Gasteiger partial charge in [-0.05, 0) is 31.7 Å². The number of hydrogen-bond acceptors (Lipinski definition) is 4. The van der Waals surface area contributed by atoms with Crippen LogP contribution in [-0.2, 0) is 26.4 Å². The summed E-state index contributed by atoms with van der Waals surface area (Å²) >= 11 is 0. The Morgan fingerprint density at radius 2 is 2.17 bits per heavy atom. The Balaban J connectivity index is 1.76. The first-order chi connectivity index (χ1) is 8.83. The summed E-state index contributed by atoms with van der Waals surface area (Å²) in [6, 6.07) is 2.01. The molecule has 0 saturated heterocycles. The second-order valence-corrected chi connectivity index (χ2v) is 4.69. The van der Waals surface area contributed by atoms with Gasteiger partial charge in [-0.25, -0.2) is 9.97 Å². The molecular formula is C13H17N5. The highest BCUT2D eigenvalue weighted by Crippen LogP contribution is 2.24. The van der Waals surface area contributed by atoms with Gasteiger partial charge in [0.05, 0.1) is 12.2 Å². The molecule has 0 unspecified atom stereocenters. The molecule has 18 heavy (non-hydrogen) atoms. The van der Waals surface area contributed by atoms with Crippen molar-refractivity contribution in [1.82, 2.24) is 19.7 Å². The fourth-order valence-corrected chi connectivity index (χ4v) is 2.41. The van der Waals surface area contributed by atoms with Gasteiger partial charge in [0, 0.05) is 24.5 Å². The van der Waals surface area contributed by atoms with Crippen LogP contribution in [-0.4, -0.2) is 19.7 Å². The highest BCUT2D eigenvalue weighted by atomic mass is 15.3. The van der Waals surface area contributed by atoms with Crippen molar-refractivity contribution in [2.45, 2.75) is 32.2 Å². The molecule has 94 valence electrons. The van der Waals surface area contributed by atoms with Crippen LogP contribution >= 0.6 is 0 Å². The molecule has 1 aliphatic carbocycles. The van der Waals surface area contributed by atoms with Crippen molar-refractivity contribution in [2.75, 3.05) is 5.32 Å². The van der Waals surface area contributed by atoms with E-state index >= 15 is 0 Å². The zero-order valence-corrected chi connectivity index (χ0v) is 10.6. The summed E-state index contributed by atoms with van der Waals surface area (Å²) in [4.78, 5) is 8.73. The van der Waals surface area contributed by atoms with E-state index in [4.69, 9.17) is 0 Å². The Morgan fingerprint density at radius 3 is 3.00 bits per heavy atom. The lowest BCUT2D eigenvalue weighted by Gasteiger charge is -2.17. The van der Waals surface area contributed by atoms with Gasteiger partial charge in [0.25, 0.3) is 0 Å². The molecule has 0 aliphatic heterocycles. The number of rotatable bonds is 3. The highest BCUT2D eigenvalue weighted by molar-refractivity contribution is 5.47. The van der Waals surface area contributed by atoms with E-state index in [2.05, 4.69) is 20.4 Å². The third-order valence-electron chi connectivity index (χ3n) is 3.33. The predicted octanol–water partition coefficient (Wildman–Crippen LogP) is 1.70.